The molecule has 0 bridgehead atoms. The summed E-state index contributed by atoms with van der Waals surface area (Å²) in [5.41, 5.74) is 1.24. The van der Waals surface area contributed by atoms with E-state index in [1.54, 1.807) is 24.0 Å². The third-order valence-corrected chi connectivity index (χ3v) is 2.67. The molecule has 88 valence electrons. The lowest BCUT2D eigenvalue weighted by Gasteiger charge is -2.01. The van der Waals surface area contributed by atoms with Crippen molar-refractivity contribution in [3.63, 3.8) is 0 Å². The Morgan fingerprint density at radius 3 is 3.06 bits per heavy atom. The predicted octanol–water partition coefficient (Wildman–Crippen LogP) is 2.81. The summed E-state index contributed by atoms with van der Waals surface area (Å²) in [7, 11) is 0. The molecule has 0 saturated heterocycles. The molecular weight excluding hydrogens is 284 g/mol. The van der Waals surface area contributed by atoms with Crippen LogP contribution in [0.2, 0.25) is 0 Å². The maximum Gasteiger partial charge on any atom is 0.358 e. The Bertz CT molecular complexity index is 537. The van der Waals surface area contributed by atoms with Crippen molar-refractivity contribution in [2.75, 3.05) is 6.61 Å². The zero-order valence-corrected chi connectivity index (χ0v) is 10.8. The van der Waals surface area contributed by atoms with Gasteiger partial charge < -0.3 is 9.30 Å². The van der Waals surface area contributed by atoms with E-state index in [1.165, 1.54) is 0 Å². The number of ether oxygens (including phenoxy) is 1. The molecule has 0 N–H and O–H groups in total. The van der Waals surface area contributed by atoms with E-state index in [-0.39, 0.29) is 0 Å². The van der Waals surface area contributed by atoms with Crippen molar-refractivity contribution in [1.29, 1.82) is 0 Å². The third-order valence-electron chi connectivity index (χ3n) is 2.17. The van der Waals surface area contributed by atoms with Crippen molar-refractivity contribution >= 4 is 21.9 Å². The minimum absolute atomic E-state index is 0.312. The molecule has 1 aromatic carbocycles. The summed E-state index contributed by atoms with van der Waals surface area (Å²) < 4.78 is 7.63. The summed E-state index contributed by atoms with van der Waals surface area (Å²) >= 11 is 3.39. The molecule has 17 heavy (non-hydrogen) atoms. The van der Waals surface area contributed by atoms with Gasteiger partial charge in [0.15, 0.2) is 5.69 Å². The Labute approximate surface area is 107 Å². The van der Waals surface area contributed by atoms with Gasteiger partial charge in [0.2, 0.25) is 0 Å². The Morgan fingerprint density at radius 1 is 1.53 bits per heavy atom. The molecule has 2 rings (SSSR count). The molecule has 0 radical (unpaired) electrons. The summed E-state index contributed by atoms with van der Waals surface area (Å²) in [5.74, 6) is -0.402. The number of halogens is 1. The van der Waals surface area contributed by atoms with Crippen LogP contribution >= 0.6 is 15.9 Å². The van der Waals surface area contributed by atoms with Gasteiger partial charge in [-0.2, -0.15) is 0 Å². The molecule has 0 aliphatic heterocycles. The number of hydrogen-bond donors (Lipinski definition) is 0. The van der Waals surface area contributed by atoms with Crippen molar-refractivity contribution in [3.8, 4) is 5.69 Å². The van der Waals surface area contributed by atoms with Gasteiger partial charge in [0.25, 0.3) is 0 Å². The van der Waals surface area contributed by atoms with Crippen LogP contribution in [-0.4, -0.2) is 22.1 Å². The molecule has 0 amide bonds. The summed E-state index contributed by atoms with van der Waals surface area (Å²) in [4.78, 5) is 15.5. The molecule has 1 aromatic heterocycles. The van der Waals surface area contributed by atoms with Gasteiger partial charge in [0.1, 0.15) is 6.33 Å². The maximum atomic E-state index is 11.4. The molecule has 5 heteroatoms. The highest BCUT2D eigenvalue weighted by atomic mass is 79.9. The van der Waals surface area contributed by atoms with Crippen LogP contribution in [0.1, 0.15) is 17.4 Å². The Morgan fingerprint density at radius 2 is 2.35 bits per heavy atom. The van der Waals surface area contributed by atoms with E-state index in [0.717, 1.165) is 10.2 Å². The van der Waals surface area contributed by atoms with Crippen LogP contribution in [0.25, 0.3) is 5.69 Å². The number of carbonyl (C=O) groups is 1. The first-order valence-electron chi connectivity index (χ1n) is 5.17. The van der Waals surface area contributed by atoms with Crippen molar-refractivity contribution in [2.45, 2.75) is 6.92 Å². The van der Waals surface area contributed by atoms with Crippen LogP contribution in [0, 0.1) is 0 Å². The number of rotatable bonds is 3. The predicted molar refractivity (Wildman–Crippen MR) is 67.2 cm³/mol. The smallest absolute Gasteiger partial charge is 0.358 e. The maximum absolute atomic E-state index is 11.4. The quantitative estimate of drug-likeness (QED) is 0.818. The van der Waals surface area contributed by atoms with Crippen molar-refractivity contribution in [1.82, 2.24) is 9.55 Å². The van der Waals surface area contributed by atoms with Crippen LogP contribution < -0.4 is 0 Å². The Balaban J connectivity index is 2.27. The molecule has 0 spiro atoms. The zero-order chi connectivity index (χ0) is 12.3. The van der Waals surface area contributed by atoms with E-state index in [4.69, 9.17) is 4.74 Å². The van der Waals surface area contributed by atoms with Gasteiger partial charge in [0, 0.05) is 16.4 Å². The molecule has 1 heterocycles. The second kappa shape index (κ2) is 5.14. The number of nitrogens with zero attached hydrogens (tertiary/aromatic N) is 2. The average Bonchev–Trinajstić information content (AvgIpc) is 2.78. The first-order chi connectivity index (χ1) is 8.20. The SMILES string of the molecule is CCOC(=O)c1cn(-c2cccc(Br)c2)cn1. The number of hydrogen-bond acceptors (Lipinski definition) is 3. The fraction of sp³-hybridized carbons (Fsp3) is 0.167. The summed E-state index contributed by atoms with van der Waals surface area (Å²) in [6, 6.07) is 7.73. The lowest BCUT2D eigenvalue weighted by molar-refractivity contribution is 0.0520. The second-order valence-electron chi connectivity index (χ2n) is 3.37. The second-order valence-corrected chi connectivity index (χ2v) is 4.28. The third kappa shape index (κ3) is 2.74. The molecule has 0 aliphatic carbocycles. The first kappa shape index (κ1) is 11.9. The molecule has 0 saturated carbocycles. The molecule has 2 aromatic rings. The Kier molecular flexibility index (Phi) is 3.58. The molecule has 0 aliphatic rings. The summed E-state index contributed by atoms with van der Waals surface area (Å²) in [6.45, 7) is 2.12. The van der Waals surface area contributed by atoms with Crippen molar-refractivity contribution in [3.05, 3.63) is 47.0 Å². The van der Waals surface area contributed by atoms with Crippen LogP contribution in [0.4, 0.5) is 0 Å². The largest absolute Gasteiger partial charge is 0.461 e. The van der Waals surface area contributed by atoms with Crippen LogP contribution in [0.3, 0.4) is 0 Å². The van der Waals surface area contributed by atoms with E-state index in [2.05, 4.69) is 20.9 Å². The molecule has 0 atom stereocenters. The van der Waals surface area contributed by atoms with Crippen molar-refractivity contribution < 1.29 is 9.53 Å². The minimum atomic E-state index is -0.402. The fourth-order valence-electron chi connectivity index (χ4n) is 1.41. The minimum Gasteiger partial charge on any atom is -0.461 e. The standard InChI is InChI=1S/C12H11BrN2O2/c1-2-17-12(16)11-7-15(8-14-11)10-5-3-4-9(13)6-10/h3-8H,2H2,1H3. The summed E-state index contributed by atoms with van der Waals surface area (Å²) in [6.07, 6.45) is 3.24. The summed E-state index contributed by atoms with van der Waals surface area (Å²) in [5, 5.41) is 0. The number of benzene rings is 1. The van der Waals surface area contributed by atoms with Gasteiger partial charge in [-0.3, -0.25) is 0 Å². The van der Waals surface area contributed by atoms with E-state index in [0.29, 0.717) is 12.3 Å². The molecular formula is C12H11BrN2O2. The molecule has 0 fully saturated rings. The highest BCUT2D eigenvalue weighted by Gasteiger charge is 2.10. The number of aromatic nitrogens is 2. The molecule has 4 nitrogen and oxygen atoms in total. The van der Waals surface area contributed by atoms with Gasteiger partial charge in [-0.15, -0.1) is 0 Å². The van der Waals surface area contributed by atoms with Crippen LogP contribution in [0.5, 0.6) is 0 Å². The topological polar surface area (TPSA) is 44.1 Å². The van der Waals surface area contributed by atoms with Gasteiger partial charge in [-0.1, -0.05) is 22.0 Å². The van der Waals surface area contributed by atoms with Gasteiger partial charge in [-0.05, 0) is 25.1 Å². The highest BCUT2D eigenvalue weighted by Crippen LogP contribution is 2.15. The van der Waals surface area contributed by atoms with Gasteiger partial charge in [-0.25, -0.2) is 9.78 Å². The zero-order valence-electron chi connectivity index (χ0n) is 9.26. The van der Waals surface area contributed by atoms with E-state index in [1.807, 2.05) is 24.3 Å². The average molecular weight is 295 g/mol. The number of esters is 1. The van der Waals surface area contributed by atoms with Gasteiger partial charge in [0.05, 0.1) is 6.61 Å². The van der Waals surface area contributed by atoms with Gasteiger partial charge >= 0.3 is 5.97 Å². The van der Waals surface area contributed by atoms with Crippen LogP contribution in [0.15, 0.2) is 41.3 Å². The number of carbonyl (C=O) groups excluding carboxylic acids is 1. The Hall–Kier alpha value is -1.62. The molecule has 0 unspecified atom stereocenters. The lowest BCUT2D eigenvalue weighted by Crippen LogP contribution is -2.04. The first-order valence-corrected chi connectivity index (χ1v) is 5.97. The normalized spacial score (nSPS) is 10.2. The van der Waals surface area contributed by atoms with Crippen molar-refractivity contribution in [2.24, 2.45) is 0 Å². The number of imidazole rings is 1. The van der Waals surface area contributed by atoms with E-state index >= 15 is 0 Å². The van der Waals surface area contributed by atoms with Crippen LogP contribution in [-0.2, 0) is 4.74 Å². The van der Waals surface area contributed by atoms with E-state index < -0.39 is 5.97 Å². The monoisotopic (exact) mass is 294 g/mol. The fourth-order valence-corrected chi connectivity index (χ4v) is 1.80. The lowest BCUT2D eigenvalue weighted by atomic mass is 10.3. The highest BCUT2D eigenvalue weighted by molar-refractivity contribution is 9.10. The van der Waals surface area contributed by atoms with E-state index in [9.17, 15) is 4.79 Å².